The topological polar surface area (TPSA) is 80.3 Å². The number of carboxylic acid groups (broad SMARTS) is 2. The highest BCUT2D eigenvalue weighted by Crippen LogP contribution is 2.17. The quantitative estimate of drug-likeness (QED) is 0.674. The van der Waals surface area contributed by atoms with Gasteiger partial charge in [-0.25, -0.2) is 0 Å². The summed E-state index contributed by atoms with van der Waals surface area (Å²) in [7, 11) is 0. The molecule has 0 heterocycles. The minimum Gasteiger partial charge on any atom is -0.550 e. The fraction of sp³-hybridized carbons (Fsp3) is 0.385. The van der Waals surface area contributed by atoms with Crippen molar-refractivity contribution in [3.8, 4) is 0 Å². The Bertz CT molecular complexity index is 425. The van der Waals surface area contributed by atoms with Gasteiger partial charge >= 0.3 is 0 Å². The predicted octanol–water partition coefficient (Wildman–Crippen LogP) is -0.710. The van der Waals surface area contributed by atoms with Crippen molar-refractivity contribution in [2.45, 2.75) is 20.3 Å². The van der Waals surface area contributed by atoms with Crippen LogP contribution in [0.4, 0.5) is 0 Å². The van der Waals surface area contributed by atoms with Crippen molar-refractivity contribution in [1.29, 1.82) is 0 Å². The molecule has 1 aromatic carbocycles. The third kappa shape index (κ3) is 3.59. The molecule has 0 amide bonds. The number of benzene rings is 1. The first kappa shape index (κ1) is 13.2. The van der Waals surface area contributed by atoms with E-state index in [1.54, 1.807) is 12.1 Å². The summed E-state index contributed by atoms with van der Waals surface area (Å²) in [5.41, 5.74) is 1.79. The molecule has 0 aliphatic carbocycles. The smallest absolute Gasteiger partial charge is 0.0455 e. The van der Waals surface area contributed by atoms with E-state index < -0.39 is 23.8 Å². The standard InChI is InChI=1S/C13H16O4/c1-8-4-3-5-10(6-8)7-11(13(16)17)9(2)12(14)15/h3-6,9,11H,7H2,1-2H3,(H,14,15)(H,16,17)/p-2. The molecule has 0 saturated heterocycles. The molecule has 0 spiro atoms. The van der Waals surface area contributed by atoms with E-state index in [9.17, 15) is 19.8 Å². The average molecular weight is 234 g/mol. The minimum atomic E-state index is -1.37. The third-order valence-electron chi connectivity index (χ3n) is 2.82. The van der Waals surface area contributed by atoms with Crippen LogP contribution in [0.5, 0.6) is 0 Å². The van der Waals surface area contributed by atoms with E-state index in [0.29, 0.717) is 0 Å². The van der Waals surface area contributed by atoms with Gasteiger partial charge in [-0.1, -0.05) is 36.8 Å². The number of carbonyl (C=O) groups is 2. The van der Waals surface area contributed by atoms with Gasteiger partial charge in [0.1, 0.15) is 0 Å². The van der Waals surface area contributed by atoms with E-state index in [2.05, 4.69) is 0 Å². The lowest BCUT2D eigenvalue weighted by Gasteiger charge is -2.25. The van der Waals surface area contributed by atoms with E-state index in [0.717, 1.165) is 11.1 Å². The van der Waals surface area contributed by atoms with Crippen LogP contribution in [0.2, 0.25) is 0 Å². The number of aryl methyl sites for hydroxylation is 1. The Morgan fingerprint density at radius 3 is 2.35 bits per heavy atom. The molecule has 2 atom stereocenters. The monoisotopic (exact) mass is 234 g/mol. The highest BCUT2D eigenvalue weighted by Gasteiger charge is 2.20. The molecule has 0 bridgehead atoms. The Hall–Kier alpha value is -1.84. The maximum Gasteiger partial charge on any atom is 0.0455 e. The van der Waals surface area contributed by atoms with Gasteiger partial charge in [0.05, 0.1) is 0 Å². The second kappa shape index (κ2) is 5.48. The molecule has 0 fully saturated rings. The molecular weight excluding hydrogens is 220 g/mol. The molecule has 0 saturated carbocycles. The van der Waals surface area contributed by atoms with Crippen LogP contribution >= 0.6 is 0 Å². The Labute approximate surface area is 99.9 Å². The van der Waals surface area contributed by atoms with Gasteiger partial charge in [0, 0.05) is 23.8 Å². The molecular formula is C13H14O4-2. The van der Waals surface area contributed by atoms with Crippen molar-refractivity contribution in [3.63, 3.8) is 0 Å². The molecule has 92 valence electrons. The van der Waals surface area contributed by atoms with Crippen LogP contribution in [-0.2, 0) is 16.0 Å². The van der Waals surface area contributed by atoms with E-state index in [-0.39, 0.29) is 6.42 Å². The largest absolute Gasteiger partial charge is 0.550 e. The van der Waals surface area contributed by atoms with Crippen LogP contribution < -0.4 is 10.2 Å². The Morgan fingerprint density at radius 1 is 1.24 bits per heavy atom. The van der Waals surface area contributed by atoms with Crippen LogP contribution in [0.25, 0.3) is 0 Å². The number of aliphatic carboxylic acids is 2. The lowest BCUT2D eigenvalue weighted by molar-refractivity contribution is -0.326. The van der Waals surface area contributed by atoms with Crippen molar-refractivity contribution < 1.29 is 19.8 Å². The zero-order valence-corrected chi connectivity index (χ0v) is 9.80. The molecule has 0 radical (unpaired) electrons. The molecule has 1 aromatic rings. The van der Waals surface area contributed by atoms with Crippen molar-refractivity contribution in [1.82, 2.24) is 0 Å². The Morgan fingerprint density at radius 2 is 1.88 bits per heavy atom. The zero-order valence-electron chi connectivity index (χ0n) is 9.80. The van der Waals surface area contributed by atoms with Crippen molar-refractivity contribution in [3.05, 3.63) is 35.4 Å². The summed E-state index contributed by atoms with van der Waals surface area (Å²) >= 11 is 0. The number of rotatable bonds is 5. The molecule has 2 unspecified atom stereocenters. The molecule has 4 heteroatoms. The van der Waals surface area contributed by atoms with E-state index in [4.69, 9.17) is 0 Å². The lowest BCUT2D eigenvalue weighted by Crippen LogP contribution is -2.43. The summed E-state index contributed by atoms with van der Waals surface area (Å²) in [6.45, 7) is 3.21. The SMILES string of the molecule is Cc1cccc(CC(C(=O)[O-])C(C)C(=O)[O-])c1. The molecule has 0 aliphatic heterocycles. The van der Waals surface area contributed by atoms with E-state index >= 15 is 0 Å². The van der Waals surface area contributed by atoms with Gasteiger partial charge in [0.15, 0.2) is 0 Å². The maximum absolute atomic E-state index is 10.9. The minimum absolute atomic E-state index is 0.138. The van der Waals surface area contributed by atoms with Crippen LogP contribution in [0.3, 0.4) is 0 Å². The van der Waals surface area contributed by atoms with Crippen molar-refractivity contribution in [2.24, 2.45) is 11.8 Å². The van der Waals surface area contributed by atoms with Crippen LogP contribution in [0.1, 0.15) is 18.1 Å². The summed E-state index contributed by atoms with van der Waals surface area (Å²) in [4.78, 5) is 21.6. The van der Waals surface area contributed by atoms with Gasteiger partial charge in [-0.2, -0.15) is 0 Å². The van der Waals surface area contributed by atoms with Crippen molar-refractivity contribution in [2.75, 3.05) is 0 Å². The molecule has 17 heavy (non-hydrogen) atoms. The molecule has 4 nitrogen and oxygen atoms in total. The van der Waals surface area contributed by atoms with Crippen LogP contribution in [-0.4, -0.2) is 11.9 Å². The summed E-state index contributed by atoms with van der Waals surface area (Å²) < 4.78 is 0. The number of carbonyl (C=O) groups excluding carboxylic acids is 2. The van der Waals surface area contributed by atoms with Gasteiger partial charge in [-0.05, 0) is 18.9 Å². The normalized spacial score (nSPS) is 14.0. The van der Waals surface area contributed by atoms with E-state index in [1.165, 1.54) is 6.92 Å². The Balaban J connectivity index is 2.88. The first-order valence-corrected chi connectivity index (χ1v) is 5.39. The highest BCUT2D eigenvalue weighted by molar-refractivity contribution is 5.77. The van der Waals surface area contributed by atoms with Crippen LogP contribution in [0.15, 0.2) is 24.3 Å². The predicted molar refractivity (Wildman–Crippen MR) is 57.6 cm³/mol. The lowest BCUT2D eigenvalue weighted by atomic mass is 9.88. The van der Waals surface area contributed by atoms with Gasteiger partial charge in [0.2, 0.25) is 0 Å². The summed E-state index contributed by atoms with van der Waals surface area (Å²) in [5, 5.41) is 21.6. The zero-order chi connectivity index (χ0) is 13.0. The molecule has 0 aliphatic rings. The molecule has 1 rings (SSSR count). The molecule has 0 aromatic heterocycles. The fourth-order valence-electron chi connectivity index (χ4n) is 1.72. The van der Waals surface area contributed by atoms with Crippen LogP contribution in [0, 0.1) is 18.8 Å². The average Bonchev–Trinajstić information content (AvgIpc) is 2.24. The van der Waals surface area contributed by atoms with E-state index in [1.807, 2.05) is 19.1 Å². The first-order valence-electron chi connectivity index (χ1n) is 5.39. The second-order valence-electron chi connectivity index (χ2n) is 4.23. The highest BCUT2D eigenvalue weighted by atomic mass is 16.4. The fourth-order valence-corrected chi connectivity index (χ4v) is 1.72. The van der Waals surface area contributed by atoms with Gasteiger partial charge in [0.25, 0.3) is 0 Å². The van der Waals surface area contributed by atoms with Gasteiger partial charge < -0.3 is 19.8 Å². The maximum atomic E-state index is 10.9. The van der Waals surface area contributed by atoms with Gasteiger partial charge in [-0.15, -0.1) is 0 Å². The number of carboxylic acids is 2. The Kier molecular flexibility index (Phi) is 4.26. The summed E-state index contributed by atoms with van der Waals surface area (Å²) in [6, 6.07) is 7.29. The van der Waals surface area contributed by atoms with Crippen molar-refractivity contribution >= 4 is 11.9 Å². The second-order valence-corrected chi connectivity index (χ2v) is 4.23. The first-order chi connectivity index (χ1) is 7.91. The summed E-state index contributed by atoms with van der Waals surface area (Å²) in [5.74, 6) is -4.86. The van der Waals surface area contributed by atoms with Gasteiger partial charge in [-0.3, -0.25) is 0 Å². The number of hydrogen-bond donors (Lipinski definition) is 0. The number of hydrogen-bond acceptors (Lipinski definition) is 4. The third-order valence-corrected chi connectivity index (χ3v) is 2.82. The summed E-state index contributed by atoms with van der Waals surface area (Å²) in [6.07, 6.45) is 0.138. The molecule has 0 N–H and O–H groups in total.